The molecule has 0 aliphatic heterocycles. The van der Waals surface area contributed by atoms with Crippen LogP contribution in [0.4, 0.5) is 0 Å². The van der Waals surface area contributed by atoms with Crippen molar-refractivity contribution < 1.29 is 0 Å². The lowest BCUT2D eigenvalue weighted by atomic mass is 9.73. The van der Waals surface area contributed by atoms with Gasteiger partial charge in [-0.2, -0.15) is 0 Å². The summed E-state index contributed by atoms with van der Waals surface area (Å²) in [7, 11) is 0. The van der Waals surface area contributed by atoms with E-state index in [9.17, 15) is 0 Å². The van der Waals surface area contributed by atoms with Crippen molar-refractivity contribution in [1.29, 1.82) is 0 Å². The van der Waals surface area contributed by atoms with Crippen molar-refractivity contribution in [2.24, 2.45) is 5.73 Å². The van der Waals surface area contributed by atoms with Gasteiger partial charge in [-0.25, -0.2) is 0 Å². The molecule has 1 rings (SSSR count). The first-order valence-electron chi connectivity index (χ1n) is 5.65. The summed E-state index contributed by atoms with van der Waals surface area (Å²) in [6.07, 6.45) is 3.18. The molecular weight excluding hydrogens is 206 g/mol. The molecule has 2 N–H and O–H groups in total. The topological polar surface area (TPSA) is 26.0 Å². The summed E-state index contributed by atoms with van der Waals surface area (Å²) in [4.78, 5) is 0. The highest BCUT2D eigenvalue weighted by Crippen LogP contribution is 2.38. The number of benzene rings is 1. The van der Waals surface area contributed by atoms with E-state index in [1.807, 2.05) is 12.1 Å². The van der Waals surface area contributed by atoms with E-state index < -0.39 is 0 Å². The highest BCUT2D eigenvalue weighted by atomic mass is 35.5. The van der Waals surface area contributed by atoms with E-state index in [0.717, 1.165) is 24.3 Å². The Hall–Kier alpha value is -0.530. The molecule has 15 heavy (non-hydrogen) atoms. The zero-order valence-corrected chi connectivity index (χ0v) is 10.3. The van der Waals surface area contributed by atoms with Crippen LogP contribution in [0.2, 0.25) is 5.02 Å². The summed E-state index contributed by atoms with van der Waals surface area (Å²) < 4.78 is 0. The van der Waals surface area contributed by atoms with Crippen LogP contribution in [0, 0.1) is 0 Å². The molecule has 0 radical (unpaired) electrons. The summed E-state index contributed by atoms with van der Waals surface area (Å²) >= 11 is 6.26. The summed E-state index contributed by atoms with van der Waals surface area (Å²) in [5.74, 6) is 0. The average Bonchev–Trinajstić information content (AvgIpc) is 2.27. The molecule has 1 nitrogen and oxygen atoms in total. The molecule has 0 spiro atoms. The Morgan fingerprint density at radius 1 is 1.20 bits per heavy atom. The number of hydrogen-bond donors (Lipinski definition) is 1. The molecule has 2 heteroatoms. The van der Waals surface area contributed by atoms with Gasteiger partial charge in [-0.15, -0.1) is 0 Å². The standard InChI is InChI=1S/C13H20ClN/c1-3-13(4-2,9-10-15)11-7-5-6-8-12(11)14/h5-8H,3-4,9-10,15H2,1-2H3. The van der Waals surface area contributed by atoms with E-state index in [1.165, 1.54) is 5.56 Å². The van der Waals surface area contributed by atoms with Gasteiger partial charge in [0.05, 0.1) is 0 Å². The fraction of sp³-hybridized carbons (Fsp3) is 0.538. The number of nitrogens with two attached hydrogens (primary N) is 1. The normalized spacial score (nSPS) is 11.7. The third-order valence-corrected chi connectivity index (χ3v) is 3.75. The van der Waals surface area contributed by atoms with Gasteiger partial charge < -0.3 is 5.73 Å². The number of hydrogen-bond acceptors (Lipinski definition) is 1. The van der Waals surface area contributed by atoms with E-state index in [0.29, 0.717) is 6.54 Å². The zero-order valence-electron chi connectivity index (χ0n) is 9.59. The van der Waals surface area contributed by atoms with Crippen LogP contribution in [-0.4, -0.2) is 6.54 Å². The first kappa shape index (κ1) is 12.5. The Kier molecular flexibility index (Phi) is 4.62. The van der Waals surface area contributed by atoms with Gasteiger partial charge in [-0.1, -0.05) is 43.6 Å². The van der Waals surface area contributed by atoms with Crippen LogP contribution in [0.1, 0.15) is 38.7 Å². The molecule has 1 aromatic carbocycles. The van der Waals surface area contributed by atoms with E-state index in [-0.39, 0.29) is 5.41 Å². The fourth-order valence-corrected chi connectivity index (χ4v) is 2.62. The lowest BCUT2D eigenvalue weighted by molar-refractivity contribution is 0.371. The molecule has 0 aliphatic rings. The molecule has 0 fully saturated rings. The molecule has 0 unspecified atom stereocenters. The van der Waals surface area contributed by atoms with Crippen molar-refractivity contribution in [3.63, 3.8) is 0 Å². The minimum absolute atomic E-state index is 0.160. The lowest BCUT2D eigenvalue weighted by Gasteiger charge is -2.32. The predicted octanol–water partition coefficient (Wildman–Crippen LogP) is 3.75. The summed E-state index contributed by atoms with van der Waals surface area (Å²) in [5, 5.41) is 0.870. The fourth-order valence-electron chi connectivity index (χ4n) is 2.29. The van der Waals surface area contributed by atoms with Crippen LogP contribution in [0.25, 0.3) is 0 Å². The van der Waals surface area contributed by atoms with Crippen LogP contribution < -0.4 is 5.73 Å². The van der Waals surface area contributed by atoms with Crippen LogP contribution in [0.3, 0.4) is 0 Å². The Morgan fingerprint density at radius 3 is 2.27 bits per heavy atom. The van der Waals surface area contributed by atoms with Gasteiger partial charge in [0, 0.05) is 5.02 Å². The second kappa shape index (κ2) is 5.53. The molecule has 0 amide bonds. The maximum Gasteiger partial charge on any atom is 0.0443 e. The van der Waals surface area contributed by atoms with Gasteiger partial charge >= 0.3 is 0 Å². The molecule has 0 saturated carbocycles. The van der Waals surface area contributed by atoms with E-state index >= 15 is 0 Å². The van der Waals surface area contributed by atoms with Crippen molar-refractivity contribution >= 4 is 11.6 Å². The minimum atomic E-state index is 0.160. The van der Waals surface area contributed by atoms with Gasteiger partial charge in [0.1, 0.15) is 0 Å². The van der Waals surface area contributed by atoms with Crippen LogP contribution in [0.15, 0.2) is 24.3 Å². The van der Waals surface area contributed by atoms with E-state index in [1.54, 1.807) is 0 Å². The predicted molar refractivity (Wildman–Crippen MR) is 67.4 cm³/mol. The van der Waals surface area contributed by atoms with Crippen molar-refractivity contribution in [1.82, 2.24) is 0 Å². The smallest absolute Gasteiger partial charge is 0.0443 e. The molecular formula is C13H20ClN. The van der Waals surface area contributed by atoms with Crippen molar-refractivity contribution in [3.05, 3.63) is 34.9 Å². The first-order valence-corrected chi connectivity index (χ1v) is 6.03. The average molecular weight is 226 g/mol. The first-order chi connectivity index (χ1) is 7.20. The van der Waals surface area contributed by atoms with Crippen LogP contribution in [-0.2, 0) is 5.41 Å². The van der Waals surface area contributed by atoms with Crippen molar-refractivity contribution in [2.45, 2.75) is 38.5 Å². The number of halogens is 1. The third-order valence-electron chi connectivity index (χ3n) is 3.42. The van der Waals surface area contributed by atoms with Crippen LogP contribution in [0.5, 0.6) is 0 Å². The third kappa shape index (κ3) is 2.53. The van der Waals surface area contributed by atoms with Gasteiger partial charge in [-0.3, -0.25) is 0 Å². The molecule has 1 aromatic rings. The van der Waals surface area contributed by atoms with E-state index in [4.69, 9.17) is 17.3 Å². The molecule has 0 aliphatic carbocycles. The van der Waals surface area contributed by atoms with E-state index in [2.05, 4.69) is 26.0 Å². The Bertz CT molecular complexity index is 305. The summed E-state index contributed by atoms with van der Waals surface area (Å²) in [6, 6.07) is 8.13. The molecule has 0 atom stereocenters. The maximum atomic E-state index is 6.26. The summed E-state index contributed by atoms with van der Waals surface area (Å²) in [5.41, 5.74) is 7.12. The van der Waals surface area contributed by atoms with Gasteiger partial charge in [0.25, 0.3) is 0 Å². The molecule has 0 aromatic heterocycles. The monoisotopic (exact) mass is 225 g/mol. The SMILES string of the molecule is CCC(CC)(CCN)c1ccccc1Cl. The summed E-state index contributed by atoms with van der Waals surface area (Å²) in [6.45, 7) is 5.14. The molecule has 0 saturated heterocycles. The molecule has 84 valence electrons. The Morgan fingerprint density at radius 2 is 1.80 bits per heavy atom. The van der Waals surface area contributed by atoms with Gasteiger partial charge in [-0.05, 0) is 42.9 Å². The Balaban J connectivity index is 3.13. The molecule has 0 heterocycles. The van der Waals surface area contributed by atoms with Gasteiger partial charge in [0.2, 0.25) is 0 Å². The van der Waals surface area contributed by atoms with Crippen LogP contribution >= 0.6 is 11.6 Å². The highest BCUT2D eigenvalue weighted by Gasteiger charge is 2.29. The second-order valence-corrected chi connectivity index (χ2v) is 4.41. The second-order valence-electron chi connectivity index (χ2n) is 4.01. The minimum Gasteiger partial charge on any atom is -0.330 e. The van der Waals surface area contributed by atoms with Crippen molar-refractivity contribution in [2.75, 3.05) is 6.54 Å². The van der Waals surface area contributed by atoms with Gasteiger partial charge in [0.15, 0.2) is 0 Å². The zero-order chi connectivity index (χ0) is 11.3. The number of rotatable bonds is 5. The largest absolute Gasteiger partial charge is 0.330 e. The lowest BCUT2D eigenvalue weighted by Crippen LogP contribution is -2.28. The highest BCUT2D eigenvalue weighted by molar-refractivity contribution is 6.31. The molecule has 0 bridgehead atoms. The Labute approximate surface area is 97.6 Å². The van der Waals surface area contributed by atoms with Crippen molar-refractivity contribution in [3.8, 4) is 0 Å². The maximum absolute atomic E-state index is 6.26. The quantitative estimate of drug-likeness (QED) is 0.812.